The molecule has 0 saturated carbocycles. The topological polar surface area (TPSA) is 127 Å². The summed E-state index contributed by atoms with van der Waals surface area (Å²) in [7, 11) is -3.69. The van der Waals surface area contributed by atoms with Crippen LogP contribution in [0, 0.1) is 6.92 Å². The van der Waals surface area contributed by atoms with Crippen LogP contribution in [0.5, 0.6) is 0 Å². The van der Waals surface area contributed by atoms with Gasteiger partial charge in [-0.25, -0.2) is 22.9 Å². The molecule has 0 atom stereocenters. The minimum Gasteiger partial charge on any atom is -0.381 e. The molecule has 29 heavy (non-hydrogen) atoms. The molecule has 2 N–H and O–H groups in total. The van der Waals surface area contributed by atoms with Gasteiger partial charge < -0.3 is 10.6 Å². The van der Waals surface area contributed by atoms with E-state index >= 15 is 0 Å². The quantitative estimate of drug-likeness (QED) is 0.661. The second-order valence-electron chi connectivity index (χ2n) is 6.91. The van der Waals surface area contributed by atoms with Crippen molar-refractivity contribution in [2.45, 2.75) is 18.7 Å². The fourth-order valence-corrected chi connectivity index (χ4v) is 4.90. The molecular weight excluding hydrogens is 394 g/mol. The van der Waals surface area contributed by atoms with E-state index in [2.05, 4.69) is 15.1 Å². The summed E-state index contributed by atoms with van der Waals surface area (Å²) < 4.78 is 29.3. The lowest BCUT2D eigenvalue weighted by Crippen LogP contribution is -2.49. The summed E-state index contributed by atoms with van der Waals surface area (Å²) in [5.74, 6) is 0.199. The molecule has 152 valence electrons. The molecule has 0 aliphatic carbocycles. The Balaban J connectivity index is 1.72. The summed E-state index contributed by atoms with van der Waals surface area (Å²) in [5.41, 5.74) is 8.46. The smallest absolute Gasteiger partial charge is 0.243 e. The van der Waals surface area contributed by atoms with Crippen LogP contribution in [0.4, 0.5) is 5.82 Å². The molecule has 10 nitrogen and oxygen atoms in total. The number of nitrogens with two attached hydrogens (primary N) is 1. The number of hydrogen-bond donors (Lipinski definition) is 1. The summed E-state index contributed by atoms with van der Waals surface area (Å²) in [5, 5.41) is 4.19. The first-order valence-electron chi connectivity index (χ1n) is 9.10. The number of carbonyl (C=O) groups is 1. The molecule has 2 aromatic heterocycles. The first kappa shape index (κ1) is 19.3. The summed E-state index contributed by atoms with van der Waals surface area (Å²) in [6.07, 6.45) is 2.93. The number of aromatic nitrogens is 4. The average Bonchev–Trinajstić information content (AvgIpc) is 3.13. The molecular formula is C18H21N7O3S. The van der Waals surface area contributed by atoms with Crippen molar-refractivity contribution in [1.82, 2.24) is 28.8 Å². The average molecular weight is 415 g/mol. The Morgan fingerprint density at radius 2 is 1.86 bits per heavy atom. The van der Waals surface area contributed by atoms with E-state index in [0.717, 1.165) is 5.56 Å². The molecule has 1 aromatic carbocycles. The van der Waals surface area contributed by atoms with Crippen LogP contribution >= 0.6 is 0 Å². The molecule has 1 amide bonds. The maximum Gasteiger partial charge on any atom is 0.243 e. The second-order valence-corrected chi connectivity index (χ2v) is 8.85. The number of aryl methyl sites for hydroxylation is 1. The molecule has 0 bridgehead atoms. The van der Waals surface area contributed by atoms with E-state index in [0.29, 0.717) is 30.0 Å². The Morgan fingerprint density at radius 3 is 2.55 bits per heavy atom. The van der Waals surface area contributed by atoms with Crippen LogP contribution in [0.1, 0.15) is 12.5 Å². The van der Waals surface area contributed by atoms with Crippen LogP contribution < -0.4 is 5.73 Å². The molecule has 3 aromatic rings. The number of benzene rings is 1. The van der Waals surface area contributed by atoms with Crippen molar-refractivity contribution in [2.75, 3.05) is 31.9 Å². The van der Waals surface area contributed by atoms with E-state index in [4.69, 9.17) is 5.73 Å². The van der Waals surface area contributed by atoms with Crippen molar-refractivity contribution in [1.29, 1.82) is 0 Å². The largest absolute Gasteiger partial charge is 0.381 e. The summed E-state index contributed by atoms with van der Waals surface area (Å²) in [6.45, 7) is 4.69. The zero-order chi connectivity index (χ0) is 20.8. The Labute approximate surface area is 168 Å². The highest BCUT2D eigenvalue weighted by molar-refractivity contribution is 7.89. The number of fused-ring (bicyclic) bond motifs is 1. The number of hydrogen-bond acceptors (Lipinski definition) is 7. The van der Waals surface area contributed by atoms with Gasteiger partial charge in [0.05, 0.1) is 16.8 Å². The number of nitrogens with zero attached hydrogens (tertiary/aromatic N) is 6. The summed E-state index contributed by atoms with van der Waals surface area (Å²) in [4.78, 5) is 21.5. The van der Waals surface area contributed by atoms with Gasteiger partial charge in [-0.05, 0) is 24.6 Å². The highest BCUT2D eigenvalue weighted by atomic mass is 32.2. The highest BCUT2D eigenvalue weighted by Crippen LogP contribution is 2.29. The first-order chi connectivity index (χ1) is 13.8. The fourth-order valence-electron chi connectivity index (χ4n) is 3.45. The number of rotatable bonds is 3. The molecule has 11 heteroatoms. The van der Waals surface area contributed by atoms with Crippen LogP contribution in [-0.4, -0.2) is 69.3 Å². The Hall–Kier alpha value is -3.05. The molecule has 0 unspecified atom stereocenters. The second kappa shape index (κ2) is 7.08. The van der Waals surface area contributed by atoms with Crippen molar-refractivity contribution in [2.24, 2.45) is 0 Å². The van der Waals surface area contributed by atoms with E-state index in [1.54, 1.807) is 33.8 Å². The van der Waals surface area contributed by atoms with Gasteiger partial charge in [-0.3, -0.25) is 4.79 Å². The Kier molecular flexibility index (Phi) is 4.71. The fraction of sp³-hybridized carbons (Fsp3) is 0.333. The number of piperazine rings is 1. The monoisotopic (exact) mass is 415 g/mol. The maximum absolute atomic E-state index is 13.2. The van der Waals surface area contributed by atoms with Crippen LogP contribution in [0.2, 0.25) is 0 Å². The van der Waals surface area contributed by atoms with E-state index in [9.17, 15) is 13.2 Å². The van der Waals surface area contributed by atoms with E-state index in [1.807, 2.05) is 6.92 Å². The van der Waals surface area contributed by atoms with Gasteiger partial charge in [-0.2, -0.15) is 9.40 Å². The third kappa shape index (κ3) is 3.32. The summed E-state index contributed by atoms with van der Waals surface area (Å²) in [6, 6.07) is 4.99. The van der Waals surface area contributed by atoms with E-state index in [-0.39, 0.29) is 29.7 Å². The van der Waals surface area contributed by atoms with Crippen molar-refractivity contribution >= 4 is 27.4 Å². The zero-order valence-corrected chi connectivity index (χ0v) is 16.9. The van der Waals surface area contributed by atoms with Gasteiger partial charge in [0.2, 0.25) is 15.9 Å². The van der Waals surface area contributed by atoms with Crippen molar-refractivity contribution in [3.63, 3.8) is 0 Å². The van der Waals surface area contributed by atoms with Gasteiger partial charge in [0, 0.05) is 38.7 Å². The predicted molar refractivity (Wildman–Crippen MR) is 106 cm³/mol. The van der Waals surface area contributed by atoms with Gasteiger partial charge >= 0.3 is 0 Å². The van der Waals surface area contributed by atoms with Gasteiger partial charge in [0.1, 0.15) is 6.33 Å². The third-order valence-electron chi connectivity index (χ3n) is 5.14. The molecule has 1 fully saturated rings. The summed E-state index contributed by atoms with van der Waals surface area (Å²) >= 11 is 0. The number of imidazole rings is 1. The number of carbonyl (C=O) groups excluding carboxylic acids is 1. The minimum absolute atomic E-state index is 0.0476. The molecule has 1 aliphatic heterocycles. The molecule has 0 radical (unpaired) electrons. The highest BCUT2D eigenvalue weighted by Gasteiger charge is 2.30. The Bertz CT molecular complexity index is 1200. The number of sulfonamides is 1. The standard InChI is InChI=1S/C18H21N7O3S/c1-12-3-4-14(29(27,28)24-7-5-23(6-8-24)13(2)26)9-15(12)16-10-20-18-17(19)21-11-22-25(16)18/h3-4,9-11H,5-8H2,1-2H3,(H2,19,21,22). The third-order valence-corrected chi connectivity index (χ3v) is 7.03. The van der Waals surface area contributed by atoms with Crippen LogP contribution in [0.15, 0.2) is 35.6 Å². The van der Waals surface area contributed by atoms with Gasteiger partial charge in [0.15, 0.2) is 11.5 Å². The first-order valence-corrected chi connectivity index (χ1v) is 10.5. The lowest BCUT2D eigenvalue weighted by molar-refractivity contribution is -0.129. The molecule has 1 aliphatic rings. The Morgan fingerprint density at radius 1 is 1.14 bits per heavy atom. The van der Waals surface area contributed by atoms with Crippen LogP contribution in [-0.2, 0) is 14.8 Å². The van der Waals surface area contributed by atoms with Crippen molar-refractivity contribution in [3.05, 3.63) is 36.3 Å². The normalized spacial score (nSPS) is 15.7. The van der Waals surface area contributed by atoms with Crippen LogP contribution in [0.25, 0.3) is 16.9 Å². The molecule has 4 rings (SSSR count). The zero-order valence-electron chi connectivity index (χ0n) is 16.1. The van der Waals surface area contributed by atoms with Gasteiger partial charge in [0.25, 0.3) is 0 Å². The lowest BCUT2D eigenvalue weighted by Gasteiger charge is -2.33. The maximum atomic E-state index is 13.2. The molecule has 0 spiro atoms. The predicted octanol–water partition coefficient (Wildman–Crippen LogP) is 0.535. The number of anilines is 1. The lowest BCUT2D eigenvalue weighted by atomic mass is 10.1. The van der Waals surface area contributed by atoms with Gasteiger partial charge in [-0.15, -0.1) is 0 Å². The van der Waals surface area contributed by atoms with E-state index in [1.165, 1.54) is 17.6 Å². The van der Waals surface area contributed by atoms with Crippen molar-refractivity contribution in [3.8, 4) is 11.3 Å². The minimum atomic E-state index is -3.69. The van der Waals surface area contributed by atoms with Crippen LogP contribution in [0.3, 0.4) is 0 Å². The van der Waals surface area contributed by atoms with E-state index < -0.39 is 10.0 Å². The van der Waals surface area contributed by atoms with Crippen molar-refractivity contribution < 1.29 is 13.2 Å². The number of nitrogen functional groups attached to an aromatic ring is 1. The van der Waals surface area contributed by atoms with Gasteiger partial charge in [-0.1, -0.05) is 6.07 Å². The SMILES string of the molecule is CC(=O)N1CCN(S(=O)(=O)c2ccc(C)c(-c3cnc4c(N)ncnn34)c2)CC1. The molecule has 3 heterocycles. The molecule has 1 saturated heterocycles. The number of amides is 1.